The van der Waals surface area contributed by atoms with Gasteiger partial charge >= 0.3 is 5.97 Å². The predicted octanol–water partition coefficient (Wildman–Crippen LogP) is 2.40. The van der Waals surface area contributed by atoms with Gasteiger partial charge in [0, 0.05) is 0 Å². The van der Waals surface area contributed by atoms with Gasteiger partial charge in [-0.1, -0.05) is 24.3 Å². The quantitative estimate of drug-likeness (QED) is 0.831. The molecule has 2 aromatic carbocycles. The molecule has 1 unspecified atom stereocenters. The van der Waals surface area contributed by atoms with Gasteiger partial charge in [-0.05, 0) is 24.3 Å². The van der Waals surface area contributed by atoms with Gasteiger partial charge in [-0.15, -0.1) is 0 Å². The number of hydrogen-bond acceptors (Lipinski definition) is 7. The van der Waals surface area contributed by atoms with Crippen LogP contribution in [0.5, 0.6) is 23.0 Å². The smallest absolute Gasteiger partial charge is 0.329 e. The summed E-state index contributed by atoms with van der Waals surface area (Å²) in [5.74, 6) is 1.17. The largest absolute Gasteiger partial charge is 0.487 e. The summed E-state index contributed by atoms with van der Waals surface area (Å²) >= 11 is 0. The van der Waals surface area contributed by atoms with Crippen LogP contribution in [0.2, 0.25) is 0 Å². The molecule has 1 atom stereocenters. The van der Waals surface area contributed by atoms with Crippen molar-refractivity contribution in [3.63, 3.8) is 0 Å². The monoisotopic (exact) mass is 404 g/mol. The normalized spacial score (nSPS) is 17.6. The van der Waals surface area contributed by atoms with Gasteiger partial charge in [0.05, 0.1) is 19.8 Å². The Hall–Kier alpha value is -2.97. The van der Waals surface area contributed by atoms with Crippen LogP contribution >= 0.6 is 0 Å². The number of fused-ring (bicyclic) bond motifs is 2. The van der Waals surface area contributed by atoms with Gasteiger partial charge in [-0.3, -0.25) is 0 Å². The van der Waals surface area contributed by atoms with Crippen LogP contribution in [-0.4, -0.2) is 63.4 Å². The molecule has 2 aromatic rings. The lowest BCUT2D eigenvalue weighted by molar-refractivity contribution is -0.143. The lowest BCUT2D eigenvalue weighted by atomic mass is 10.3. The second kappa shape index (κ2) is 11.1. The Bertz CT molecular complexity index is 779. The Morgan fingerprint density at radius 2 is 1.41 bits per heavy atom. The van der Waals surface area contributed by atoms with E-state index in [2.05, 4.69) is 0 Å². The van der Waals surface area contributed by atoms with Gasteiger partial charge in [-0.2, -0.15) is 0 Å². The van der Waals surface area contributed by atoms with E-state index in [0.717, 1.165) is 0 Å². The zero-order chi connectivity index (χ0) is 20.3. The first kappa shape index (κ1) is 20.8. The second-order valence-corrected chi connectivity index (χ2v) is 6.16. The van der Waals surface area contributed by atoms with E-state index < -0.39 is 18.7 Å². The van der Waals surface area contributed by atoms with E-state index in [-0.39, 0.29) is 13.2 Å². The van der Waals surface area contributed by atoms with E-state index >= 15 is 0 Å². The number of para-hydroxylation sites is 4. The lowest BCUT2D eigenvalue weighted by Crippen LogP contribution is -2.31. The number of ether oxygens (including phenoxy) is 6. The minimum absolute atomic E-state index is 0.0345. The Balaban J connectivity index is 1.77. The molecule has 0 fully saturated rings. The minimum atomic E-state index is -1.05. The average Bonchev–Trinajstić information content (AvgIpc) is 2.72. The maximum absolute atomic E-state index is 10.8. The summed E-state index contributed by atoms with van der Waals surface area (Å²) in [4.78, 5) is 10.8. The summed E-state index contributed by atoms with van der Waals surface area (Å²) in [6, 6.07) is 14.5. The molecular weight excluding hydrogens is 380 g/mol. The number of carboxylic acids is 1. The number of rotatable bonds is 4. The van der Waals surface area contributed by atoms with E-state index in [4.69, 9.17) is 33.5 Å². The van der Waals surface area contributed by atoms with Crippen molar-refractivity contribution in [2.24, 2.45) is 0 Å². The number of benzene rings is 2. The molecule has 0 aromatic heterocycles. The van der Waals surface area contributed by atoms with Crippen LogP contribution in [0.25, 0.3) is 0 Å². The summed E-state index contributed by atoms with van der Waals surface area (Å²) in [7, 11) is 0. The van der Waals surface area contributed by atoms with Gasteiger partial charge in [0.2, 0.25) is 0 Å². The molecule has 8 heteroatoms. The molecule has 1 heterocycles. The van der Waals surface area contributed by atoms with Gasteiger partial charge in [-0.25, -0.2) is 4.79 Å². The highest BCUT2D eigenvalue weighted by Gasteiger charge is 2.17. The van der Waals surface area contributed by atoms with Crippen molar-refractivity contribution in [2.75, 3.05) is 46.2 Å². The maximum atomic E-state index is 10.8. The van der Waals surface area contributed by atoms with Crippen molar-refractivity contribution in [3.8, 4) is 23.0 Å². The third-order valence-electron chi connectivity index (χ3n) is 3.92. The summed E-state index contributed by atoms with van der Waals surface area (Å²) in [5.41, 5.74) is 0. The van der Waals surface area contributed by atoms with Crippen LogP contribution in [0.4, 0.5) is 0 Å². The first-order chi connectivity index (χ1) is 14.2. The van der Waals surface area contributed by atoms with Crippen LogP contribution in [0, 0.1) is 0 Å². The minimum Gasteiger partial charge on any atom is -0.487 e. The van der Waals surface area contributed by atoms with Crippen molar-refractivity contribution in [1.82, 2.24) is 0 Å². The van der Waals surface area contributed by atoms with Gasteiger partial charge in [0.15, 0.2) is 29.1 Å². The SMILES string of the molecule is O=C(O)COCC1COc2ccccc2OCCOCCOc2ccccc2O1. The van der Waals surface area contributed by atoms with E-state index in [9.17, 15) is 4.79 Å². The molecule has 3 rings (SSSR count). The third kappa shape index (κ3) is 6.85. The average molecular weight is 404 g/mol. The Morgan fingerprint density at radius 1 is 0.862 bits per heavy atom. The molecule has 0 saturated heterocycles. The highest BCUT2D eigenvalue weighted by Crippen LogP contribution is 2.29. The van der Waals surface area contributed by atoms with Crippen molar-refractivity contribution < 1.29 is 38.3 Å². The molecule has 1 aliphatic rings. The maximum Gasteiger partial charge on any atom is 0.329 e. The first-order valence-corrected chi connectivity index (χ1v) is 9.33. The first-order valence-electron chi connectivity index (χ1n) is 9.33. The van der Waals surface area contributed by atoms with Crippen LogP contribution in [0.15, 0.2) is 48.5 Å². The zero-order valence-corrected chi connectivity index (χ0v) is 16.0. The number of aliphatic carboxylic acids is 1. The lowest BCUT2D eigenvalue weighted by Gasteiger charge is -2.21. The topological polar surface area (TPSA) is 92.7 Å². The molecule has 1 N–H and O–H groups in total. The standard InChI is InChI=1S/C21H24O8/c22-21(23)15-25-13-16-14-28-18-6-2-1-5-17(18)26-11-9-24-10-12-27-19-7-3-4-8-20(19)29-16/h1-8,16H,9-15H2,(H,22,23). The van der Waals surface area contributed by atoms with Gasteiger partial charge < -0.3 is 33.5 Å². The molecule has 0 spiro atoms. The number of hydrogen-bond donors (Lipinski definition) is 1. The van der Waals surface area contributed by atoms with Crippen LogP contribution in [-0.2, 0) is 14.3 Å². The summed E-state index contributed by atoms with van der Waals surface area (Å²) < 4.78 is 34.2. The summed E-state index contributed by atoms with van der Waals surface area (Å²) in [6.45, 7) is 1.29. The molecule has 29 heavy (non-hydrogen) atoms. The molecule has 8 nitrogen and oxygen atoms in total. The molecule has 0 amide bonds. The third-order valence-corrected chi connectivity index (χ3v) is 3.92. The summed E-state index contributed by atoms with van der Waals surface area (Å²) in [5, 5.41) is 8.82. The van der Waals surface area contributed by atoms with E-state index in [1.54, 1.807) is 18.2 Å². The van der Waals surface area contributed by atoms with E-state index in [1.165, 1.54) is 0 Å². The molecule has 1 aliphatic heterocycles. The van der Waals surface area contributed by atoms with Crippen LogP contribution < -0.4 is 18.9 Å². The van der Waals surface area contributed by atoms with Crippen molar-refractivity contribution >= 4 is 5.97 Å². The Morgan fingerprint density at radius 3 is 2.03 bits per heavy atom. The molecule has 0 radical (unpaired) electrons. The van der Waals surface area contributed by atoms with E-state index in [0.29, 0.717) is 49.4 Å². The fourth-order valence-electron chi connectivity index (χ4n) is 2.63. The zero-order valence-electron chi connectivity index (χ0n) is 16.0. The second-order valence-electron chi connectivity index (χ2n) is 6.16. The van der Waals surface area contributed by atoms with Crippen molar-refractivity contribution in [3.05, 3.63) is 48.5 Å². The fraction of sp³-hybridized carbons (Fsp3) is 0.381. The molecular formula is C21H24O8. The van der Waals surface area contributed by atoms with Gasteiger partial charge in [0.1, 0.15) is 26.4 Å². The highest BCUT2D eigenvalue weighted by molar-refractivity contribution is 5.67. The molecule has 156 valence electrons. The molecule has 0 aliphatic carbocycles. The van der Waals surface area contributed by atoms with Crippen molar-refractivity contribution in [1.29, 1.82) is 0 Å². The Labute approximate surface area is 168 Å². The van der Waals surface area contributed by atoms with E-state index in [1.807, 2.05) is 30.3 Å². The van der Waals surface area contributed by atoms with Crippen LogP contribution in [0.1, 0.15) is 0 Å². The molecule has 0 bridgehead atoms. The number of carbonyl (C=O) groups is 1. The summed E-state index contributed by atoms with van der Waals surface area (Å²) in [6.07, 6.45) is -0.562. The van der Waals surface area contributed by atoms with Gasteiger partial charge in [0.25, 0.3) is 0 Å². The Kier molecular flexibility index (Phi) is 7.97. The predicted molar refractivity (Wildman–Crippen MR) is 103 cm³/mol. The number of carboxylic acid groups (broad SMARTS) is 1. The van der Waals surface area contributed by atoms with Crippen LogP contribution in [0.3, 0.4) is 0 Å². The molecule has 0 saturated carbocycles. The fourth-order valence-corrected chi connectivity index (χ4v) is 2.63. The highest BCUT2D eigenvalue weighted by atomic mass is 16.6. The van der Waals surface area contributed by atoms with Crippen molar-refractivity contribution in [2.45, 2.75) is 6.10 Å².